The highest BCUT2D eigenvalue weighted by molar-refractivity contribution is 5.78. The molecule has 1 aliphatic rings. The van der Waals surface area contributed by atoms with Gasteiger partial charge in [0.05, 0.1) is 19.1 Å². The zero-order chi connectivity index (χ0) is 17.0. The minimum atomic E-state index is -0.903. The first-order valence-electron chi connectivity index (χ1n) is 8.14. The molecule has 0 aliphatic carbocycles. The summed E-state index contributed by atoms with van der Waals surface area (Å²) in [4.78, 5) is 18.3. The van der Waals surface area contributed by atoms with E-state index < -0.39 is 5.60 Å². The largest absolute Gasteiger partial charge is 0.497 e. The molecule has 2 heterocycles. The number of carbonyl (C=O) groups excluding carboxylic acids is 1. The lowest BCUT2D eigenvalue weighted by molar-refractivity contribution is -0.135. The van der Waals surface area contributed by atoms with E-state index in [1.807, 2.05) is 41.3 Å². The number of rotatable bonds is 4. The minimum Gasteiger partial charge on any atom is -0.497 e. The van der Waals surface area contributed by atoms with Gasteiger partial charge >= 0.3 is 0 Å². The third-order valence-corrected chi connectivity index (χ3v) is 4.63. The second-order valence-corrected chi connectivity index (χ2v) is 6.18. The maximum Gasteiger partial charge on any atom is 0.227 e. The number of pyridine rings is 1. The molecule has 2 aromatic rings. The van der Waals surface area contributed by atoms with E-state index >= 15 is 0 Å². The highest BCUT2D eigenvalue weighted by Crippen LogP contribution is 2.34. The van der Waals surface area contributed by atoms with Crippen molar-refractivity contribution in [2.24, 2.45) is 0 Å². The Kier molecular flexibility index (Phi) is 4.81. The van der Waals surface area contributed by atoms with Crippen LogP contribution in [-0.4, -0.2) is 41.1 Å². The van der Waals surface area contributed by atoms with Crippen LogP contribution in [0.5, 0.6) is 5.75 Å². The summed E-state index contributed by atoms with van der Waals surface area (Å²) < 4.78 is 5.23. The molecular weight excluding hydrogens is 304 g/mol. The minimum absolute atomic E-state index is 0.0793. The summed E-state index contributed by atoms with van der Waals surface area (Å²) in [6.07, 6.45) is 4.82. The molecule has 0 atom stereocenters. The summed E-state index contributed by atoms with van der Waals surface area (Å²) in [6.45, 7) is 1.10. The van der Waals surface area contributed by atoms with Crippen LogP contribution in [0.25, 0.3) is 0 Å². The lowest BCUT2D eigenvalue weighted by atomic mass is 9.84. The van der Waals surface area contributed by atoms with Crippen molar-refractivity contribution in [3.05, 3.63) is 59.9 Å². The number of methoxy groups -OCH3 is 1. The van der Waals surface area contributed by atoms with Crippen LogP contribution in [0.15, 0.2) is 48.8 Å². The zero-order valence-electron chi connectivity index (χ0n) is 13.8. The number of hydrogen-bond acceptors (Lipinski definition) is 4. The average Bonchev–Trinajstić information content (AvgIpc) is 2.63. The number of hydrogen-bond donors (Lipinski definition) is 1. The molecule has 24 heavy (non-hydrogen) atoms. The summed E-state index contributed by atoms with van der Waals surface area (Å²) in [5, 5.41) is 10.9. The van der Waals surface area contributed by atoms with Crippen molar-refractivity contribution in [1.29, 1.82) is 0 Å². The SMILES string of the molecule is COc1cccc(C2(O)CCN(C(=O)Cc3cccnc3)CC2)c1. The molecule has 126 valence electrons. The normalized spacial score (nSPS) is 16.7. The highest BCUT2D eigenvalue weighted by Gasteiger charge is 2.35. The van der Waals surface area contributed by atoms with Crippen LogP contribution in [0, 0.1) is 0 Å². The number of benzene rings is 1. The van der Waals surface area contributed by atoms with Crippen LogP contribution in [0.3, 0.4) is 0 Å². The van der Waals surface area contributed by atoms with Gasteiger partial charge in [0.15, 0.2) is 0 Å². The molecule has 0 saturated carbocycles. The van der Waals surface area contributed by atoms with Crippen molar-refractivity contribution in [3.8, 4) is 5.75 Å². The fraction of sp³-hybridized carbons (Fsp3) is 0.368. The van der Waals surface area contributed by atoms with Gasteiger partial charge in [0.25, 0.3) is 0 Å². The van der Waals surface area contributed by atoms with Crippen molar-refractivity contribution >= 4 is 5.91 Å². The molecule has 1 fully saturated rings. The Morgan fingerprint density at radius 3 is 2.75 bits per heavy atom. The van der Waals surface area contributed by atoms with Gasteiger partial charge in [-0.25, -0.2) is 0 Å². The Hall–Kier alpha value is -2.40. The Balaban J connectivity index is 1.63. The molecule has 1 aromatic heterocycles. The molecule has 1 aromatic carbocycles. The second kappa shape index (κ2) is 7.01. The predicted molar refractivity (Wildman–Crippen MR) is 90.6 cm³/mol. The summed E-state index contributed by atoms with van der Waals surface area (Å²) in [5.74, 6) is 0.812. The molecule has 1 amide bonds. The number of likely N-dealkylation sites (tertiary alicyclic amines) is 1. The molecule has 1 aliphatic heterocycles. The van der Waals surface area contributed by atoms with E-state index in [1.165, 1.54) is 0 Å². The molecule has 0 radical (unpaired) electrons. The number of ether oxygens (including phenoxy) is 1. The first kappa shape index (κ1) is 16.5. The van der Waals surface area contributed by atoms with Crippen molar-refractivity contribution in [1.82, 2.24) is 9.88 Å². The summed E-state index contributed by atoms with van der Waals surface area (Å²) in [5.41, 5.74) is 0.858. The molecule has 0 bridgehead atoms. The monoisotopic (exact) mass is 326 g/mol. The molecule has 1 N–H and O–H groups in total. The van der Waals surface area contributed by atoms with Crippen LogP contribution < -0.4 is 4.74 Å². The van der Waals surface area contributed by atoms with Crippen LogP contribution in [0.1, 0.15) is 24.0 Å². The van der Waals surface area contributed by atoms with Gasteiger partial charge in [-0.05, 0) is 42.2 Å². The van der Waals surface area contributed by atoms with E-state index in [0.29, 0.717) is 32.4 Å². The van der Waals surface area contributed by atoms with E-state index in [0.717, 1.165) is 16.9 Å². The molecular formula is C19H22N2O3. The maximum atomic E-state index is 12.4. The number of aliphatic hydroxyl groups is 1. The Morgan fingerprint density at radius 1 is 1.29 bits per heavy atom. The van der Waals surface area contributed by atoms with Gasteiger partial charge in [0.1, 0.15) is 5.75 Å². The number of aromatic nitrogens is 1. The first-order valence-corrected chi connectivity index (χ1v) is 8.14. The van der Waals surface area contributed by atoms with Gasteiger partial charge in [-0.15, -0.1) is 0 Å². The molecule has 0 unspecified atom stereocenters. The van der Waals surface area contributed by atoms with Gasteiger partial charge in [-0.3, -0.25) is 9.78 Å². The Bertz CT molecular complexity index is 695. The molecule has 0 spiro atoms. The quantitative estimate of drug-likeness (QED) is 0.935. The zero-order valence-corrected chi connectivity index (χ0v) is 13.8. The highest BCUT2D eigenvalue weighted by atomic mass is 16.5. The second-order valence-electron chi connectivity index (χ2n) is 6.18. The van der Waals surface area contributed by atoms with Crippen LogP contribution in [0.2, 0.25) is 0 Å². The van der Waals surface area contributed by atoms with Crippen molar-refractivity contribution < 1.29 is 14.6 Å². The van der Waals surface area contributed by atoms with E-state index in [2.05, 4.69) is 4.98 Å². The maximum absolute atomic E-state index is 12.4. The van der Waals surface area contributed by atoms with E-state index in [9.17, 15) is 9.90 Å². The van der Waals surface area contributed by atoms with Gasteiger partial charge < -0.3 is 14.7 Å². The summed E-state index contributed by atoms with van der Waals surface area (Å²) >= 11 is 0. The predicted octanol–water partition coefficient (Wildman–Crippen LogP) is 2.14. The number of nitrogens with zero attached hydrogens (tertiary/aromatic N) is 2. The van der Waals surface area contributed by atoms with E-state index in [1.54, 1.807) is 19.5 Å². The van der Waals surface area contributed by atoms with Crippen LogP contribution >= 0.6 is 0 Å². The van der Waals surface area contributed by atoms with Gasteiger partial charge in [0, 0.05) is 25.5 Å². The van der Waals surface area contributed by atoms with Crippen molar-refractivity contribution in [2.75, 3.05) is 20.2 Å². The average molecular weight is 326 g/mol. The molecule has 5 heteroatoms. The number of carbonyl (C=O) groups is 1. The lowest BCUT2D eigenvalue weighted by Crippen LogP contribution is -2.45. The van der Waals surface area contributed by atoms with Crippen LogP contribution in [0.4, 0.5) is 0 Å². The fourth-order valence-corrected chi connectivity index (χ4v) is 3.12. The first-order chi connectivity index (χ1) is 11.6. The fourth-order valence-electron chi connectivity index (χ4n) is 3.12. The molecule has 3 rings (SSSR count). The Labute approximate surface area is 141 Å². The number of piperidine rings is 1. The smallest absolute Gasteiger partial charge is 0.227 e. The Morgan fingerprint density at radius 2 is 2.08 bits per heavy atom. The third-order valence-electron chi connectivity index (χ3n) is 4.63. The molecule has 1 saturated heterocycles. The van der Waals surface area contributed by atoms with E-state index in [4.69, 9.17) is 4.74 Å². The van der Waals surface area contributed by atoms with E-state index in [-0.39, 0.29) is 5.91 Å². The van der Waals surface area contributed by atoms with Crippen molar-refractivity contribution in [3.63, 3.8) is 0 Å². The summed E-state index contributed by atoms with van der Waals surface area (Å²) in [7, 11) is 1.61. The van der Waals surface area contributed by atoms with Crippen molar-refractivity contribution in [2.45, 2.75) is 24.9 Å². The lowest BCUT2D eigenvalue weighted by Gasteiger charge is -2.38. The third kappa shape index (κ3) is 3.57. The van der Waals surface area contributed by atoms with Gasteiger partial charge in [-0.1, -0.05) is 18.2 Å². The molecule has 5 nitrogen and oxygen atoms in total. The van der Waals surface area contributed by atoms with Gasteiger partial charge in [-0.2, -0.15) is 0 Å². The van der Waals surface area contributed by atoms with Gasteiger partial charge in [0.2, 0.25) is 5.91 Å². The number of amides is 1. The topological polar surface area (TPSA) is 62.7 Å². The standard InChI is InChI=1S/C19H22N2O3/c1-24-17-6-2-5-16(13-17)19(23)7-10-21(11-8-19)18(22)12-15-4-3-9-20-14-15/h2-6,9,13-14,23H,7-8,10-12H2,1H3. The van der Waals surface area contributed by atoms with Crippen LogP contribution in [-0.2, 0) is 16.8 Å². The summed E-state index contributed by atoms with van der Waals surface area (Å²) in [6, 6.07) is 11.3.